The van der Waals surface area contributed by atoms with Gasteiger partial charge in [0.15, 0.2) is 0 Å². The summed E-state index contributed by atoms with van der Waals surface area (Å²) in [6.45, 7) is 3.10. The second-order valence-electron chi connectivity index (χ2n) is 4.06. The molecule has 7 heteroatoms. The predicted octanol–water partition coefficient (Wildman–Crippen LogP) is 2.81. The van der Waals surface area contributed by atoms with Crippen molar-refractivity contribution in [3.05, 3.63) is 28.7 Å². The number of halogens is 1. The van der Waals surface area contributed by atoms with Crippen LogP contribution in [0.5, 0.6) is 0 Å². The Kier molecular flexibility index (Phi) is 5.50. The molecule has 19 heavy (non-hydrogen) atoms. The largest absolute Gasteiger partial charge is 0.379 e. The zero-order valence-corrected chi connectivity index (χ0v) is 13.0. The third kappa shape index (κ3) is 4.68. The molecule has 1 aliphatic rings. The maximum atomic E-state index is 12.0. The van der Waals surface area contributed by atoms with Crippen LogP contribution in [0.2, 0.25) is 0 Å². The van der Waals surface area contributed by atoms with Gasteiger partial charge in [0.25, 0.3) is 0 Å². The van der Waals surface area contributed by atoms with E-state index in [0.29, 0.717) is 0 Å². The standard InChI is InChI=1S/C12H16BrN3O2S/c1-15(19-16-6-8-18-9-7-16)12(17)14-11-4-2-10(13)3-5-11/h2-5H,6-9H2,1H3,(H,14,17). The Labute approximate surface area is 125 Å². The van der Waals surface area contributed by atoms with Crippen LogP contribution in [0.25, 0.3) is 0 Å². The number of rotatable bonds is 3. The van der Waals surface area contributed by atoms with E-state index in [-0.39, 0.29) is 6.03 Å². The SMILES string of the molecule is CN(SN1CCOCC1)C(=O)Nc1ccc(Br)cc1. The predicted molar refractivity (Wildman–Crippen MR) is 80.9 cm³/mol. The molecule has 1 aromatic carbocycles. The summed E-state index contributed by atoms with van der Waals surface area (Å²) in [5.74, 6) is 0. The molecule has 0 radical (unpaired) electrons. The van der Waals surface area contributed by atoms with Crippen LogP contribution in [-0.4, -0.2) is 48.0 Å². The van der Waals surface area contributed by atoms with E-state index in [1.165, 1.54) is 12.1 Å². The Balaban J connectivity index is 1.83. The summed E-state index contributed by atoms with van der Waals surface area (Å²) in [4.78, 5) is 12.0. The highest BCUT2D eigenvalue weighted by Crippen LogP contribution is 2.18. The molecule has 0 aromatic heterocycles. The molecule has 1 saturated heterocycles. The molecule has 1 fully saturated rings. The van der Waals surface area contributed by atoms with E-state index in [2.05, 4.69) is 25.6 Å². The van der Waals surface area contributed by atoms with Gasteiger partial charge in [-0.2, -0.15) is 0 Å². The van der Waals surface area contributed by atoms with E-state index in [4.69, 9.17) is 4.74 Å². The Morgan fingerprint density at radius 1 is 1.37 bits per heavy atom. The topological polar surface area (TPSA) is 44.8 Å². The van der Waals surface area contributed by atoms with Crippen molar-refractivity contribution in [2.75, 3.05) is 38.7 Å². The van der Waals surface area contributed by atoms with Crippen LogP contribution in [0.3, 0.4) is 0 Å². The first-order valence-electron chi connectivity index (χ1n) is 5.96. The number of benzene rings is 1. The molecule has 0 unspecified atom stereocenters. The summed E-state index contributed by atoms with van der Waals surface area (Å²) in [6.07, 6.45) is 0. The minimum Gasteiger partial charge on any atom is -0.379 e. The summed E-state index contributed by atoms with van der Waals surface area (Å²) < 4.78 is 9.96. The average Bonchev–Trinajstić information content (AvgIpc) is 2.42. The van der Waals surface area contributed by atoms with Gasteiger partial charge in [-0.25, -0.2) is 9.10 Å². The monoisotopic (exact) mass is 345 g/mol. The summed E-state index contributed by atoms with van der Waals surface area (Å²) in [7, 11) is 1.76. The average molecular weight is 346 g/mol. The highest BCUT2D eigenvalue weighted by Gasteiger charge is 2.17. The quantitative estimate of drug-likeness (QED) is 0.855. The first kappa shape index (κ1) is 14.6. The molecule has 0 atom stereocenters. The third-order valence-corrected chi connectivity index (χ3v) is 4.13. The van der Waals surface area contributed by atoms with E-state index < -0.39 is 0 Å². The highest BCUT2D eigenvalue weighted by atomic mass is 79.9. The van der Waals surface area contributed by atoms with Gasteiger partial charge in [0.1, 0.15) is 0 Å². The fourth-order valence-corrected chi connectivity index (χ4v) is 2.62. The number of nitrogens with zero attached hydrogens (tertiary/aromatic N) is 2. The lowest BCUT2D eigenvalue weighted by atomic mass is 10.3. The highest BCUT2D eigenvalue weighted by molar-refractivity contribution is 9.10. The molecular formula is C12H16BrN3O2S. The van der Waals surface area contributed by atoms with E-state index in [1.54, 1.807) is 11.4 Å². The summed E-state index contributed by atoms with van der Waals surface area (Å²) in [5, 5.41) is 2.85. The smallest absolute Gasteiger partial charge is 0.332 e. The van der Waals surface area contributed by atoms with Crippen molar-refractivity contribution in [2.24, 2.45) is 0 Å². The van der Waals surface area contributed by atoms with Crippen LogP contribution in [0, 0.1) is 0 Å². The molecule has 104 valence electrons. The van der Waals surface area contributed by atoms with E-state index in [1.807, 2.05) is 24.3 Å². The molecule has 0 spiro atoms. The lowest BCUT2D eigenvalue weighted by Crippen LogP contribution is -2.36. The van der Waals surface area contributed by atoms with Gasteiger partial charge >= 0.3 is 6.03 Å². The van der Waals surface area contributed by atoms with Gasteiger partial charge < -0.3 is 10.1 Å². The molecule has 2 amide bonds. The molecular weight excluding hydrogens is 330 g/mol. The van der Waals surface area contributed by atoms with Crippen LogP contribution in [0.1, 0.15) is 0 Å². The van der Waals surface area contributed by atoms with Gasteiger partial charge in [-0.3, -0.25) is 4.31 Å². The summed E-state index contributed by atoms with van der Waals surface area (Å²) in [6, 6.07) is 7.36. The first-order valence-corrected chi connectivity index (χ1v) is 7.48. The number of ether oxygens (including phenoxy) is 1. The normalized spacial score (nSPS) is 16.1. The maximum Gasteiger partial charge on any atom is 0.332 e. The number of carbonyl (C=O) groups is 1. The molecule has 1 aromatic rings. The van der Waals surface area contributed by atoms with Crippen molar-refractivity contribution in [1.29, 1.82) is 0 Å². The first-order chi connectivity index (χ1) is 9.15. The Morgan fingerprint density at radius 3 is 2.63 bits per heavy atom. The minimum atomic E-state index is -0.140. The van der Waals surface area contributed by atoms with Gasteiger partial charge in [0, 0.05) is 42.4 Å². The van der Waals surface area contributed by atoms with E-state index >= 15 is 0 Å². The van der Waals surface area contributed by atoms with Gasteiger partial charge in [0.05, 0.1) is 13.2 Å². The van der Waals surface area contributed by atoms with Crippen molar-refractivity contribution in [2.45, 2.75) is 0 Å². The molecule has 0 aliphatic carbocycles. The second-order valence-corrected chi connectivity index (χ2v) is 6.20. The molecule has 0 bridgehead atoms. The van der Waals surface area contributed by atoms with Gasteiger partial charge in [0.2, 0.25) is 0 Å². The molecule has 5 nitrogen and oxygen atoms in total. The fraction of sp³-hybridized carbons (Fsp3) is 0.417. The number of nitrogens with one attached hydrogen (secondary N) is 1. The Bertz CT molecular complexity index is 423. The number of urea groups is 1. The number of hydrogen-bond donors (Lipinski definition) is 1. The maximum absolute atomic E-state index is 12.0. The number of amides is 2. The zero-order valence-electron chi connectivity index (χ0n) is 10.6. The van der Waals surface area contributed by atoms with Gasteiger partial charge in [-0.1, -0.05) is 15.9 Å². The summed E-state index contributed by atoms with van der Waals surface area (Å²) >= 11 is 4.78. The second kappa shape index (κ2) is 7.14. The van der Waals surface area contributed by atoms with Crippen molar-refractivity contribution in [1.82, 2.24) is 8.61 Å². The number of anilines is 1. The van der Waals surface area contributed by atoms with Crippen molar-refractivity contribution < 1.29 is 9.53 Å². The van der Waals surface area contributed by atoms with Crippen molar-refractivity contribution in [3.63, 3.8) is 0 Å². The van der Waals surface area contributed by atoms with Crippen molar-refractivity contribution >= 4 is 39.8 Å². The van der Waals surface area contributed by atoms with Crippen LogP contribution in [0.4, 0.5) is 10.5 Å². The molecule has 1 heterocycles. The van der Waals surface area contributed by atoms with E-state index in [0.717, 1.165) is 36.5 Å². The Morgan fingerprint density at radius 2 is 2.00 bits per heavy atom. The Hall–Kier alpha value is -0.760. The number of hydrogen-bond acceptors (Lipinski definition) is 4. The minimum absolute atomic E-state index is 0.140. The van der Waals surface area contributed by atoms with Crippen LogP contribution < -0.4 is 5.32 Å². The van der Waals surface area contributed by atoms with Gasteiger partial charge in [-0.15, -0.1) is 0 Å². The fourth-order valence-electron chi connectivity index (χ4n) is 1.57. The number of carbonyl (C=O) groups excluding carboxylic acids is 1. The summed E-state index contributed by atoms with van der Waals surface area (Å²) in [5.41, 5.74) is 0.780. The number of morpholine rings is 1. The zero-order chi connectivity index (χ0) is 13.7. The molecule has 2 rings (SSSR count). The van der Waals surface area contributed by atoms with Crippen LogP contribution in [-0.2, 0) is 4.74 Å². The molecule has 1 N–H and O–H groups in total. The van der Waals surface area contributed by atoms with Crippen molar-refractivity contribution in [3.8, 4) is 0 Å². The van der Waals surface area contributed by atoms with Gasteiger partial charge in [-0.05, 0) is 24.3 Å². The molecule has 0 saturated carbocycles. The van der Waals surface area contributed by atoms with Crippen LogP contribution in [0.15, 0.2) is 28.7 Å². The molecule has 1 aliphatic heterocycles. The van der Waals surface area contributed by atoms with Crippen LogP contribution >= 0.6 is 28.1 Å². The van der Waals surface area contributed by atoms with E-state index in [9.17, 15) is 4.79 Å². The lowest BCUT2D eigenvalue weighted by molar-refractivity contribution is 0.0763. The lowest BCUT2D eigenvalue weighted by Gasteiger charge is -2.28. The third-order valence-electron chi connectivity index (χ3n) is 2.59.